The van der Waals surface area contributed by atoms with Crippen LogP contribution in [0.2, 0.25) is 0 Å². The number of sulfonamides is 1. The van der Waals surface area contributed by atoms with Gasteiger partial charge in [0, 0.05) is 7.05 Å². The van der Waals surface area contributed by atoms with Crippen molar-refractivity contribution >= 4 is 38.6 Å². The molecular formula is C19H21N5O4S2. The molecule has 158 valence electrons. The fourth-order valence-electron chi connectivity index (χ4n) is 2.87. The second-order valence-electron chi connectivity index (χ2n) is 6.82. The first-order valence-corrected chi connectivity index (χ1v) is 11.6. The number of aryl methyl sites for hydroxylation is 3. The van der Waals surface area contributed by atoms with Crippen LogP contribution < -0.4 is 15.6 Å². The lowest BCUT2D eigenvalue weighted by molar-refractivity contribution is 0.103. The monoisotopic (exact) mass is 447 g/mol. The molecule has 0 saturated carbocycles. The molecule has 0 fully saturated rings. The van der Waals surface area contributed by atoms with E-state index in [1.807, 2.05) is 0 Å². The Morgan fingerprint density at radius 3 is 2.37 bits per heavy atom. The molecule has 2 aromatic heterocycles. The Labute approximate surface area is 177 Å². The van der Waals surface area contributed by atoms with Gasteiger partial charge in [-0.2, -0.15) is 5.10 Å². The maximum Gasteiger partial charge on any atom is 0.277 e. The number of nitrogens with one attached hydrogen (secondary N) is 2. The number of carbonyl (C=O) groups is 1. The summed E-state index contributed by atoms with van der Waals surface area (Å²) in [4.78, 5) is 30.3. The van der Waals surface area contributed by atoms with Crippen molar-refractivity contribution in [3.63, 3.8) is 0 Å². The summed E-state index contributed by atoms with van der Waals surface area (Å²) >= 11 is 1.10. The molecule has 2 heterocycles. The van der Waals surface area contributed by atoms with E-state index in [9.17, 15) is 18.0 Å². The molecule has 0 aliphatic heterocycles. The van der Waals surface area contributed by atoms with Crippen molar-refractivity contribution in [2.75, 3.05) is 16.3 Å². The highest BCUT2D eigenvalue weighted by Crippen LogP contribution is 2.30. The molecule has 0 radical (unpaired) electrons. The quantitative estimate of drug-likeness (QED) is 0.619. The average Bonchev–Trinajstić information content (AvgIpc) is 3.02. The summed E-state index contributed by atoms with van der Waals surface area (Å²) in [6.45, 7) is 5.28. The fourth-order valence-corrected chi connectivity index (χ4v) is 4.51. The molecule has 0 atom stereocenters. The van der Waals surface area contributed by atoms with Crippen LogP contribution in [-0.4, -0.2) is 35.3 Å². The van der Waals surface area contributed by atoms with Crippen molar-refractivity contribution in [3.8, 4) is 10.6 Å². The third kappa shape index (κ3) is 4.41. The van der Waals surface area contributed by atoms with E-state index in [1.54, 1.807) is 52.1 Å². The molecule has 3 aromatic rings. The number of rotatable bonds is 5. The Balaban J connectivity index is 1.98. The number of carbonyl (C=O) groups excluding carboxylic acids is 1. The van der Waals surface area contributed by atoms with Crippen molar-refractivity contribution in [2.45, 2.75) is 20.8 Å². The van der Waals surface area contributed by atoms with Gasteiger partial charge in [-0.05, 0) is 38.5 Å². The maximum atomic E-state index is 12.9. The van der Waals surface area contributed by atoms with Gasteiger partial charge in [-0.3, -0.25) is 14.3 Å². The summed E-state index contributed by atoms with van der Waals surface area (Å²) in [5, 5.41) is 7.31. The van der Waals surface area contributed by atoms with Gasteiger partial charge in [-0.1, -0.05) is 12.1 Å². The first kappa shape index (κ1) is 21.7. The van der Waals surface area contributed by atoms with Crippen LogP contribution in [0.5, 0.6) is 0 Å². The van der Waals surface area contributed by atoms with E-state index in [2.05, 4.69) is 20.1 Å². The number of aromatic nitrogens is 3. The molecule has 3 rings (SSSR count). The number of anilines is 2. The van der Waals surface area contributed by atoms with Crippen molar-refractivity contribution in [3.05, 3.63) is 56.4 Å². The molecule has 30 heavy (non-hydrogen) atoms. The van der Waals surface area contributed by atoms with Gasteiger partial charge in [0.15, 0.2) is 0 Å². The van der Waals surface area contributed by atoms with Crippen molar-refractivity contribution in [1.29, 1.82) is 0 Å². The number of thiazole rings is 1. The summed E-state index contributed by atoms with van der Waals surface area (Å²) in [6.07, 6.45) is 1.03. The van der Waals surface area contributed by atoms with Gasteiger partial charge in [-0.15, -0.1) is 11.3 Å². The first-order valence-electron chi connectivity index (χ1n) is 8.88. The topological polar surface area (TPSA) is 123 Å². The highest BCUT2D eigenvalue weighted by molar-refractivity contribution is 7.92. The maximum absolute atomic E-state index is 12.9. The lowest BCUT2D eigenvalue weighted by Gasteiger charge is -2.11. The minimum Gasteiger partial charge on any atom is -0.319 e. The number of nitrogens with zero attached hydrogens (tertiary/aromatic N) is 3. The first-order chi connectivity index (χ1) is 14.0. The Kier molecular flexibility index (Phi) is 5.77. The van der Waals surface area contributed by atoms with Crippen LogP contribution in [0, 0.1) is 20.8 Å². The zero-order chi connectivity index (χ0) is 22.2. The van der Waals surface area contributed by atoms with E-state index in [4.69, 9.17) is 0 Å². The van der Waals surface area contributed by atoms with Crippen molar-refractivity contribution in [1.82, 2.24) is 14.8 Å². The molecule has 0 saturated heterocycles. The summed E-state index contributed by atoms with van der Waals surface area (Å²) in [6, 6.07) is 6.48. The predicted octanol–water partition coefficient (Wildman–Crippen LogP) is 2.45. The van der Waals surface area contributed by atoms with Gasteiger partial charge in [0.2, 0.25) is 10.0 Å². The number of amides is 1. The van der Waals surface area contributed by atoms with Crippen molar-refractivity contribution in [2.24, 2.45) is 7.05 Å². The average molecular weight is 448 g/mol. The molecule has 0 bridgehead atoms. The van der Waals surface area contributed by atoms with Gasteiger partial charge >= 0.3 is 0 Å². The van der Waals surface area contributed by atoms with E-state index in [0.717, 1.165) is 17.6 Å². The Bertz CT molecular complexity index is 1310. The standard InChI is InChI=1S/C19H21N5O4S2/c1-10-11(2)22-24(4)19(26)15(10)18-20-12(3)16(29-18)17(25)21-13-8-6-7-9-14(13)23-30(5,27)28/h6-9,23H,1-5H3,(H,21,25). The van der Waals surface area contributed by atoms with Crippen LogP contribution in [0.3, 0.4) is 0 Å². The van der Waals surface area contributed by atoms with Gasteiger partial charge in [-0.25, -0.2) is 18.1 Å². The normalized spacial score (nSPS) is 11.4. The summed E-state index contributed by atoms with van der Waals surface area (Å²) < 4.78 is 26.8. The highest BCUT2D eigenvalue weighted by atomic mass is 32.2. The second kappa shape index (κ2) is 8.00. The van der Waals surface area contributed by atoms with Gasteiger partial charge in [0.25, 0.3) is 11.5 Å². The minimum absolute atomic E-state index is 0.255. The highest BCUT2D eigenvalue weighted by Gasteiger charge is 2.22. The number of hydrogen-bond acceptors (Lipinski definition) is 7. The Morgan fingerprint density at radius 1 is 1.10 bits per heavy atom. The van der Waals surface area contributed by atoms with Crippen LogP contribution in [0.4, 0.5) is 11.4 Å². The Morgan fingerprint density at radius 2 is 1.73 bits per heavy atom. The summed E-state index contributed by atoms with van der Waals surface area (Å²) in [5.41, 5.74) is 2.57. The summed E-state index contributed by atoms with van der Waals surface area (Å²) in [5.74, 6) is -0.445. The van der Waals surface area contributed by atoms with Crippen LogP contribution in [-0.2, 0) is 17.1 Å². The lowest BCUT2D eigenvalue weighted by Crippen LogP contribution is -2.23. The third-order valence-electron chi connectivity index (χ3n) is 4.41. The van der Waals surface area contributed by atoms with E-state index in [1.165, 1.54) is 4.68 Å². The smallest absolute Gasteiger partial charge is 0.277 e. The van der Waals surface area contributed by atoms with Gasteiger partial charge in [0.1, 0.15) is 9.88 Å². The lowest BCUT2D eigenvalue weighted by atomic mass is 10.1. The molecule has 0 aliphatic carbocycles. The van der Waals surface area contributed by atoms with Gasteiger partial charge in [0.05, 0.1) is 34.6 Å². The van der Waals surface area contributed by atoms with Crippen LogP contribution >= 0.6 is 11.3 Å². The SMILES string of the molecule is Cc1nc(-c2c(C)c(C)nn(C)c2=O)sc1C(=O)Nc1ccccc1NS(C)(=O)=O. The van der Waals surface area contributed by atoms with Crippen LogP contribution in [0.15, 0.2) is 29.1 Å². The van der Waals surface area contributed by atoms with E-state index in [0.29, 0.717) is 38.1 Å². The van der Waals surface area contributed by atoms with E-state index in [-0.39, 0.29) is 11.2 Å². The molecular weight excluding hydrogens is 426 g/mol. The van der Waals surface area contributed by atoms with Gasteiger partial charge < -0.3 is 5.32 Å². The largest absolute Gasteiger partial charge is 0.319 e. The van der Waals surface area contributed by atoms with Crippen molar-refractivity contribution < 1.29 is 13.2 Å². The number of para-hydroxylation sites is 2. The molecule has 0 spiro atoms. The Hall–Kier alpha value is -3.05. The molecule has 9 nitrogen and oxygen atoms in total. The predicted molar refractivity (Wildman–Crippen MR) is 118 cm³/mol. The minimum atomic E-state index is -3.51. The number of hydrogen-bond donors (Lipinski definition) is 2. The molecule has 0 aliphatic rings. The zero-order valence-corrected chi connectivity index (χ0v) is 18.7. The second-order valence-corrected chi connectivity index (χ2v) is 9.57. The molecule has 2 N–H and O–H groups in total. The van der Waals surface area contributed by atoms with E-state index >= 15 is 0 Å². The molecule has 1 amide bonds. The fraction of sp³-hybridized carbons (Fsp3) is 0.263. The molecule has 0 unspecified atom stereocenters. The van der Waals surface area contributed by atoms with Crippen LogP contribution in [0.25, 0.3) is 10.6 Å². The van der Waals surface area contributed by atoms with Crippen LogP contribution in [0.1, 0.15) is 26.6 Å². The number of benzene rings is 1. The summed E-state index contributed by atoms with van der Waals surface area (Å²) in [7, 11) is -1.94. The zero-order valence-electron chi connectivity index (χ0n) is 17.1. The molecule has 11 heteroatoms. The third-order valence-corrected chi connectivity index (χ3v) is 6.18. The van der Waals surface area contributed by atoms with E-state index < -0.39 is 15.9 Å². The molecule has 1 aromatic carbocycles.